The fourth-order valence-electron chi connectivity index (χ4n) is 1.37. The summed E-state index contributed by atoms with van der Waals surface area (Å²) in [5.74, 6) is 0.196. The molecule has 1 heterocycles. The number of anilines is 2. The highest BCUT2D eigenvalue weighted by Gasteiger charge is 2.12. The maximum atomic E-state index is 11.9. The van der Waals surface area contributed by atoms with Crippen molar-refractivity contribution in [2.75, 3.05) is 16.8 Å². The number of hydrogen-bond acceptors (Lipinski definition) is 5. The van der Waals surface area contributed by atoms with E-state index in [0.29, 0.717) is 26.8 Å². The highest BCUT2D eigenvalue weighted by atomic mass is 35.5. The first-order chi connectivity index (χ1) is 9.49. The molecule has 0 aliphatic heterocycles. The van der Waals surface area contributed by atoms with Crippen molar-refractivity contribution in [3.63, 3.8) is 0 Å². The van der Waals surface area contributed by atoms with Gasteiger partial charge in [0.1, 0.15) is 0 Å². The van der Waals surface area contributed by atoms with Crippen LogP contribution in [0.25, 0.3) is 0 Å². The van der Waals surface area contributed by atoms with Crippen LogP contribution >= 0.6 is 35.0 Å². The smallest absolute Gasteiger partial charge is 0.234 e. The summed E-state index contributed by atoms with van der Waals surface area (Å²) in [6.07, 6.45) is 0. The summed E-state index contributed by atoms with van der Waals surface area (Å²) in [5.41, 5.74) is 5.95. The predicted molar refractivity (Wildman–Crippen MR) is 81.2 cm³/mol. The summed E-state index contributed by atoms with van der Waals surface area (Å²) in [4.78, 5) is 11.9. The van der Waals surface area contributed by atoms with E-state index in [1.165, 1.54) is 11.8 Å². The summed E-state index contributed by atoms with van der Waals surface area (Å²) in [6, 6.07) is 5.01. The van der Waals surface area contributed by atoms with E-state index in [1.54, 1.807) is 29.8 Å². The molecule has 2 aromatic rings. The van der Waals surface area contributed by atoms with Crippen molar-refractivity contribution in [3.8, 4) is 0 Å². The zero-order valence-electron chi connectivity index (χ0n) is 10.4. The molecule has 1 aromatic carbocycles. The molecular weight excluding hydrogens is 321 g/mol. The molecule has 0 aliphatic rings. The van der Waals surface area contributed by atoms with Gasteiger partial charge in [0, 0.05) is 7.05 Å². The van der Waals surface area contributed by atoms with E-state index in [-0.39, 0.29) is 11.7 Å². The maximum absolute atomic E-state index is 11.9. The first-order valence-electron chi connectivity index (χ1n) is 5.50. The molecule has 3 N–H and O–H groups in total. The van der Waals surface area contributed by atoms with Crippen LogP contribution in [0, 0.1) is 0 Å². The molecule has 0 radical (unpaired) electrons. The van der Waals surface area contributed by atoms with Gasteiger partial charge in [-0.15, -0.1) is 10.2 Å². The zero-order chi connectivity index (χ0) is 14.7. The van der Waals surface area contributed by atoms with Gasteiger partial charge in [0.15, 0.2) is 5.16 Å². The van der Waals surface area contributed by atoms with Gasteiger partial charge in [-0.2, -0.15) is 0 Å². The molecule has 1 amide bonds. The van der Waals surface area contributed by atoms with Crippen LogP contribution in [0.3, 0.4) is 0 Å². The fraction of sp³-hybridized carbons (Fsp3) is 0.182. The fourth-order valence-corrected chi connectivity index (χ4v) is 2.58. The van der Waals surface area contributed by atoms with Crippen LogP contribution < -0.4 is 11.1 Å². The van der Waals surface area contributed by atoms with E-state index < -0.39 is 0 Å². The quantitative estimate of drug-likeness (QED) is 0.840. The van der Waals surface area contributed by atoms with E-state index >= 15 is 0 Å². The number of nitrogens with two attached hydrogens (primary N) is 1. The molecule has 0 spiro atoms. The summed E-state index contributed by atoms with van der Waals surface area (Å²) in [7, 11) is 1.72. The number of aromatic nitrogens is 3. The molecule has 0 bridgehead atoms. The van der Waals surface area contributed by atoms with E-state index in [9.17, 15) is 4.79 Å². The summed E-state index contributed by atoms with van der Waals surface area (Å²) >= 11 is 13.2. The van der Waals surface area contributed by atoms with Gasteiger partial charge in [-0.05, 0) is 12.1 Å². The second kappa shape index (κ2) is 6.34. The minimum atomic E-state index is -0.244. The molecule has 6 nitrogen and oxygen atoms in total. The van der Waals surface area contributed by atoms with Crippen molar-refractivity contribution in [1.29, 1.82) is 0 Å². The topological polar surface area (TPSA) is 85.8 Å². The standard InChI is InChI=1S/C11H11Cl2N5OS/c1-18-10(14)16-17-11(18)20-5-8(19)15-9-6(12)3-2-4-7(9)13/h2-4H,5H2,1H3,(H2,14,16)(H,15,19). The van der Waals surface area contributed by atoms with Crippen molar-refractivity contribution in [1.82, 2.24) is 14.8 Å². The minimum Gasteiger partial charge on any atom is -0.368 e. The SMILES string of the molecule is Cn1c(N)nnc1SCC(=O)Nc1c(Cl)cccc1Cl. The molecule has 0 saturated carbocycles. The van der Waals surface area contributed by atoms with Gasteiger partial charge >= 0.3 is 0 Å². The predicted octanol–water partition coefficient (Wildman–Crippen LogP) is 2.43. The van der Waals surface area contributed by atoms with Gasteiger partial charge in [0.05, 0.1) is 21.5 Å². The molecule has 106 valence electrons. The first kappa shape index (κ1) is 15.0. The average molecular weight is 332 g/mol. The Morgan fingerprint density at radius 3 is 2.60 bits per heavy atom. The number of nitrogens with zero attached hydrogens (tertiary/aromatic N) is 3. The lowest BCUT2D eigenvalue weighted by Crippen LogP contribution is -2.15. The number of benzene rings is 1. The maximum Gasteiger partial charge on any atom is 0.234 e. The lowest BCUT2D eigenvalue weighted by Gasteiger charge is -2.08. The lowest BCUT2D eigenvalue weighted by molar-refractivity contribution is -0.113. The number of hydrogen-bond donors (Lipinski definition) is 2. The molecule has 2 rings (SSSR count). The number of para-hydroxylation sites is 1. The van der Waals surface area contributed by atoms with Gasteiger partial charge in [-0.25, -0.2) is 0 Å². The molecular formula is C11H11Cl2N5OS. The molecule has 0 atom stereocenters. The number of rotatable bonds is 4. The first-order valence-corrected chi connectivity index (χ1v) is 7.24. The summed E-state index contributed by atoms with van der Waals surface area (Å²) in [5, 5.41) is 11.5. The van der Waals surface area contributed by atoms with Crippen molar-refractivity contribution in [3.05, 3.63) is 28.2 Å². The highest BCUT2D eigenvalue weighted by Crippen LogP contribution is 2.30. The molecule has 0 aliphatic carbocycles. The third kappa shape index (κ3) is 3.36. The molecule has 0 fully saturated rings. The Hall–Kier alpha value is -1.44. The van der Waals surface area contributed by atoms with Crippen molar-refractivity contribution in [2.45, 2.75) is 5.16 Å². The number of amides is 1. The van der Waals surface area contributed by atoms with Crippen LogP contribution in [0.1, 0.15) is 0 Å². The van der Waals surface area contributed by atoms with Gasteiger partial charge < -0.3 is 11.1 Å². The molecule has 0 unspecified atom stereocenters. The Bertz CT molecular complexity index is 625. The molecule has 0 saturated heterocycles. The van der Waals surface area contributed by atoms with Crippen molar-refractivity contribution in [2.24, 2.45) is 7.05 Å². The molecule has 9 heteroatoms. The second-order valence-electron chi connectivity index (χ2n) is 3.83. The summed E-state index contributed by atoms with van der Waals surface area (Å²) in [6.45, 7) is 0. The number of thioether (sulfide) groups is 1. The Morgan fingerprint density at radius 2 is 2.05 bits per heavy atom. The molecule has 20 heavy (non-hydrogen) atoms. The van der Waals surface area contributed by atoms with Crippen LogP contribution in [0.4, 0.5) is 11.6 Å². The largest absolute Gasteiger partial charge is 0.368 e. The minimum absolute atomic E-state index is 0.146. The van der Waals surface area contributed by atoms with Crippen LogP contribution in [-0.2, 0) is 11.8 Å². The number of nitrogen functional groups attached to an aromatic ring is 1. The van der Waals surface area contributed by atoms with Gasteiger partial charge in [0.2, 0.25) is 11.9 Å². The average Bonchev–Trinajstić information content (AvgIpc) is 2.72. The monoisotopic (exact) mass is 331 g/mol. The number of halogens is 2. The lowest BCUT2D eigenvalue weighted by atomic mass is 10.3. The third-order valence-corrected chi connectivity index (χ3v) is 4.08. The normalized spacial score (nSPS) is 10.6. The van der Waals surface area contributed by atoms with E-state index in [4.69, 9.17) is 28.9 Å². The Balaban J connectivity index is 1.98. The van der Waals surface area contributed by atoms with Gasteiger partial charge in [-0.1, -0.05) is 41.0 Å². The second-order valence-corrected chi connectivity index (χ2v) is 5.59. The Labute approximate surface area is 129 Å². The van der Waals surface area contributed by atoms with Crippen LogP contribution in [0.15, 0.2) is 23.4 Å². The highest BCUT2D eigenvalue weighted by molar-refractivity contribution is 7.99. The number of carbonyl (C=O) groups excluding carboxylic acids is 1. The van der Waals surface area contributed by atoms with Gasteiger partial charge in [-0.3, -0.25) is 9.36 Å². The Morgan fingerprint density at radius 1 is 1.40 bits per heavy atom. The van der Waals surface area contributed by atoms with Crippen molar-refractivity contribution >= 4 is 52.5 Å². The van der Waals surface area contributed by atoms with E-state index in [2.05, 4.69) is 15.5 Å². The summed E-state index contributed by atoms with van der Waals surface area (Å²) < 4.78 is 1.60. The number of carbonyl (C=O) groups is 1. The van der Waals surface area contributed by atoms with E-state index in [1.807, 2.05) is 0 Å². The molecule has 1 aromatic heterocycles. The van der Waals surface area contributed by atoms with E-state index in [0.717, 1.165) is 0 Å². The zero-order valence-corrected chi connectivity index (χ0v) is 12.8. The van der Waals surface area contributed by atoms with Crippen molar-refractivity contribution < 1.29 is 4.79 Å². The van der Waals surface area contributed by atoms with Crippen LogP contribution in [-0.4, -0.2) is 26.4 Å². The number of nitrogens with one attached hydrogen (secondary N) is 1. The Kier molecular flexibility index (Phi) is 4.74. The van der Waals surface area contributed by atoms with Gasteiger partial charge in [0.25, 0.3) is 0 Å². The third-order valence-electron chi connectivity index (χ3n) is 2.43. The van der Waals surface area contributed by atoms with Crippen LogP contribution in [0.2, 0.25) is 10.0 Å². The van der Waals surface area contributed by atoms with Crippen LogP contribution in [0.5, 0.6) is 0 Å².